The summed E-state index contributed by atoms with van der Waals surface area (Å²) in [5.74, 6) is 3.95. The van der Waals surface area contributed by atoms with E-state index in [-0.39, 0.29) is 12.2 Å². The van der Waals surface area contributed by atoms with Gasteiger partial charge < -0.3 is 9.47 Å². The molecule has 4 fully saturated rings. The highest BCUT2D eigenvalue weighted by atomic mass is 16.5. The molecule has 2 atom stereocenters. The number of ether oxygens (including phenoxy) is 2. The van der Waals surface area contributed by atoms with Crippen LogP contribution in [0.15, 0.2) is 0 Å². The van der Waals surface area contributed by atoms with E-state index >= 15 is 0 Å². The molecular formula is C40H74O2. The summed E-state index contributed by atoms with van der Waals surface area (Å²) in [4.78, 5) is 0. The molecule has 4 saturated carbocycles. The molecule has 0 N–H and O–H groups in total. The van der Waals surface area contributed by atoms with Crippen molar-refractivity contribution < 1.29 is 9.47 Å². The van der Waals surface area contributed by atoms with Crippen molar-refractivity contribution in [2.24, 2.45) is 34.5 Å². The van der Waals surface area contributed by atoms with Gasteiger partial charge in [0.15, 0.2) is 0 Å². The summed E-state index contributed by atoms with van der Waals surface area (Å²) < 4.78 is 13.2. The lowest BCUT2D eigenvalue weighted by molar-refractivity contribution is -0.0823. The highest BCUT2D eigenvalue weighted by Gasteiger charge is 2.42. The molecule has 4 rings (SSSR count). The van der Waals surface area contributed by atoms with Crippen LogP contribution in [0.4, 0.5) is 0 Å². The highest BCUT2D eigenvalue weighted by Crippen LogP contribution is 2.53. The second-order valence-corrected chi connectivity index (χ2v) is 16.2. The maximum Gasteiger partial charge on any atom is 0.0805 e. The molecule has 2 heteroatoms. The van der Waals surface area contributed by atoms with E-state index in [0.29, 0.717) is 10.8 Å². The van der Waals surface area contributed by atoms with Crippen LogP contribution >= 0.6 is 0 Å². The van der Waals surface area contributed by atoms with E-state index in [1.165, 1.54) is 167 Å². The van der Waals surface area contributed by atoms with Crippen molar-refractivity contribution in [3.63, 3.8) is 0 Å². The van der Waals surface area contributed by atoms with Gasteiger partial charge in [-0.3, -0.25) is 0 Å². The molecule has 2 unspecified atom stereocenters. The van der Waals surface area contributed by atoms with Crippen LogP contribution in [0.25, 0.3) is 0 Å². The fraction of sp³-hybridized carbons (Fsp3) is 1.00. The molecular weight excluding hydrogens is 512 g/mol. The van der Waals surface area contributed by atoms with Gasteiger partial charge in [-0.2, -0.15) is 0 Å². The Morgan fingerprint density at radius 3 is 1.21 bits per heavy atom. The first-order valence-electron chi connectivity index (χ1n) is 19.7. The first kappa shape index (κ1) is 34.8. The third-order valence-corrected chi connectivity index (χ3v) is 13.7. The van der Waals surface area contributed by atoms with Crippen LogP contribution in [-0.2, 0) is 9.47 Å². The lowest BCUT2D eigenvalue weighted by Crippen LogP contribution is -2.38. The quantitative estimate of drug-likeness (QED) is 0.169. The number of rotatable bonds is 17. The molecule has 0 amide bonds. The SMILES string of the molecule is CCCCC1CCC(C2(CCOC(C)C(C)OCCC3(C4CCC(CCCC)CC4)CCCCC3)CCCCC2)CC1. The largest absolute Gasteiger partial charge is 0.376 e. The molecule has 0 radical (unpaired) electrons. The van der Waals surface area contributed by atoms with Crippen LogP contribution < -0.4 is 0 Å². The topological polar surface area (TPSA) is 18.5 Å². The van der Waals surface area contributed by atoms with Gasteiger partial charge in [-0.25, -0.2) is 0 Å². The molecule has 0 heterocycles. The summed E-state index contributed by atoms with van der Waals surface area (Å²) in [6, 6.07) is 0. The Morgan fingerprint density at radius 2 is 0.881 bits per heavy atom. The first-order valence-corrected chi connectivity index (χ1v) is 19.7. The standard InChI is InChI=1S/C40H74O2/c1-5-7-15-35-17-21-37(22-18-35)39(25-11-9-12-26-39)29-31-41-33(3)34(4)42-32-30-40(27-13-10-14-28-40)38-23-19-36(20-24-38)16-8-6-2/h33-38H,5-32H2,1-4H3. The maximum atomic E-state index is 6.60. The molecule has 2 nitrogen and oxygen atoms in total. The van der Waals surface area contributed by atoms with Gasteiger partial charge in [-0.05, 0) is 113 Å². The lowest BCUT2D eigenvalue weighted by Gasteiger charge is -2.47. The molecule has 0 aromatic heterocycles. The molecule has 4 aliphatic rings. The molecule has 0 saturated heterocycles. The van der Waals surface area contributed by atoms with E-state index in [1.807, 2.05) is 0 Å². The van der Waals surface area contributed by atoms with Crippen LogP contribution in [-0.4, -0.2) is 25.4 Å². The summed E-state index contributed by atoms with van der Waals surface area (Å²) in [5, 5.41) is 0. The van der Waals surface area contributed by atoms with Crippen LogP contribution in [0.1, 0.15) is 195 Å². The maximum absolute atomic E-state index is 6.60. The van der Waals surface area contributed by atoms with Crippen LogP contribution in [0.5, 0.6) is 0 Å². The Kier molecular flexibility index (Phi) is 15.0. The van der Waals surface area contributed by atoms with Crippen molar-refractivity contribution in [2.75, 3.05) is 13.2 Å². The van der Waals surface area contributed by atoms with Crippen LogP contribution in [0, 0.1) is 34.5 Å². The Balaban J connectivity index is 1.20. The molecule has 0 aliphatic heterocycles. The van der Waals surface area contributed by atoms with E-state index in [0.717, 1.165) is 36.9 Å². The van der Waals surface area contributed by atoms with Crippen molar-refractivity contribution in [1.82, 2.24) is 0 Å². The molecule has 0 aromatic rings. The van der Waals surface area contributed by atoms with Gasteiger partial charge in [0.05, 0.1) is 12.2 Å². The minimum Gasteiger partial charge on any atom is -0.376 e. The molecule has 42 heavy (non-hydrogen) atoms. The highest BCUT2D eigenvalue weighted by molar-refractivity contribution is 4.93. The minimum atomic E-state index is 0.201. The fourth-order valence-corrected chi connectivity index (χ4v) is 10.5. The second-order valence-electron chi connectivity index (χ2n) is 16.2. The van der Waals surface area contributed by atoms with E-state index in [1.54, 1.807) is 0 Å². The monoisotopic (exact) mass is 587 g/mol. The molecule has 4 aliphatic carbocycles. The Hall–Kier alpha value is -0.0800. The van der Waals surface area contributed by atoms with Crippen molar-refractivity contribution in [3.8, 4) is 0 Å². The Labute approximate surface area is 263 Å². The van der Waals surface area contributed by atoms with Gasteiger partial charge in [-0.15, -0.1) is 0 Å². The van der Waals surface area contributed by atoms with Gasteiger partial charge >= 0.3 is 0 Å². The lowest BCUT2D eigenvalue weighted by atomic mass is 9.59. The van der Waals surface area contributed by atoms with E-state index in [4.69, 9.17) is 9.47 Å². The van der Waals surface area contributed by atoms with Gasteiger partial charge in [0.25, 0.3) is 0 Å². The summed E-state index contributed by atoms with van der Waals surface area (Å²) in [5.41, 5.74) is 1.14. The minimum absolute atomic E-state index is 0.201. The summed E-state index contributed by atoms with van der Waals surface area (Å²) >= 11 is 0. The average Bonchev–Trinajstić information content (AvgIpc) is 3.04. The van der Waals surface area contributed by atoms with E-state index in [2.05, 4.69) is 27.7 Å². The summed E-state index contributed by atoms with van der Waals surface area (Å²) in [6.07, 6.45) is 38.1. The Bertz CT molecular complexity index is 628. The molecule has 0 aromatic carbocycles. The van der Waals surface area contributed by atoms with Gasteiger partial charge in [-0.1, -0.05) is 117 Å². The van der Waals surface area contributed by atoms with Gasteiger partial charge in [0.2, 0.25) is 0 Å². The number of unbranched alkanes of at least 4 members (excludes halogenated alkanes) is 2. The number of hydrogen-bond donors (Lipinski definition) is 0. The van der Waals surface area contributed by atoms with Crippen molar-refractivity contribution in [2.45, 2.75) is 207 Å². The zero-order valence-electron chi connectivity index (χ0n) is 29.1. The summed E-state index contributed by atoms with van der Waals surface area (Å²) in [6.45, 7) is 11.1. The molecule has 0 spiro atoms. The fourth-order valence-electron chi connectivity index (χ4n) is 10.5. The predicted molar refractivity (Wildman–Crippen MR) is 181 cm³/mol. The third-order valence-electron chi connectivity index (χ3n) is 13.7. The predicted octanol–water partition coefficient (Wildman–Crippen LogP) is 12.5. The number of hydrogen-bond acceptors (Lipinski definition) is 2. The normalized spacial score (nSPS) is 31.4. The average molecular weight is 587 g/mol. The van der Waals surface area contributed by atoms with Gasteiger partial charge in [0, 0.05) is 13.2 Å². The zero-order valence-corrected chi connectivity index (χ0v) is 29.1. The first-order chi connectivity index (χ1) is 20.5. The Morgan fingerprint density at radius 1 is 0.524 bits per heavy atom. The second kappa shape index (κ2) is 18.2. The van der Waals surface area contributed by atoms with E-state index < -0.39 is 0 Å². The van der Waals surface area contributed by atoms with Crippen LogP contribution in [0.2, 0.25) is 0 Å². The van der Waals surface area contributed by atoms with Gasteiger partial charge in [0.1, 0.15) is 0 Å². The van der Waals surface area contributed by atoms with Crippen molar-refractivity contribution in [3.05, 3.63) is 0 Å². The smallest absolute Gasteiger partial charge is 0.0805 e. The molecule has 246 valence electrons. The van der Waals surface area contributed by atoms with Crippen LogP contribution in [0.3, 0.4) is 0 Å². The van der Waals surface area contributed by atoms with E-state index in [9.17, 15) is 0 Å². The molecule has 0 bridgehead atoms. The third kappa shape index (κ3) is 9.96. The summed E-state index contributed by atoms with van der Waals surface area (Å²) in [7, 11) is 0. The van der Waals surface area contributed by atoms with Crippen molar-refractivity contribution >= 4 is 0 Å². The zero-order chi connectivity index (χ0) is 29.7. The van der Waals surface area contributed by atoms with Crippen molar-refractivity contribution in [1.29, 1.82) is 0 Å².